The number of hydrogen-bond acceptors (Lipinski definition) is 4. The van der Waals surface area contributed by atoms with Crippen molar-refractivity contribution in [2.45, 2.75) is 45.2 Å². The molecule has 0 radical (unpaired) electrons. The van der Waals surface area contributed by atoms with Crippen molar-refractivity contribution < 1.29 is 9.13 Å². The number of benzene rings is 1. The molecule has 0 saturated carbocycles. The van der Waals surface area contributed by atoms with Crippen molar-refractivity contribution in [3.8, 4) is 5.88 Å². The highest BCUT2D eigenvalue weighted by Gasteiger charge is 2.25. The summed E-state index contributed by atoms with van der Waals surface area (Å²) in [6.07, 6.45) is 7.16. The van der Waals surface area contributed by atoms with E-state index in [-0.39, 0.29) is 0 Å². The van der Waals surface area contributed by atoms with E-state index in [0.717, 1.165) is 44.5 Å². The van der Waals surface area contributed by atoms with Gasteiger partial charge in [0, 0.05) is 32.0 Å². The Morgan fingerprint density at radius 3 is 2.82 bits per heavy atom. The van der Waals surface area contributed by atoms with Gasteiger partial charge in [0.25, 0.3) is 0 Å². The first-order valence-corrected chi connectivity index (χ1v) is 10.1. The average molecular weight is 381 g/mol. The Labute approximate surface area is 166 Å². The van der Waals surface area contributed by atoms with Crippen LogP contribution in [0.1, 0.15) is 41.6 Å². The molecule has 2 aromatic rings. The lowest BCUT2D eigenvalue weighted by molar-refractivity contribution is 0.290. The molecule has 1 saturated heterocycles. The normalized spacial score (nSPS) is 19.3. The summed E-state index contributed by atoms with van der Waals surface area (Å²) in [5.74, 6) is 0.609. The van der Waals surface area contributed by atoms with Crippen LogP contribution in [0.5, 0.6) is 5.88 Å². The topological polar surface area (TPSA) is 38.3 Å². The van der Waals surface area contributed by atoms with E-state index < -0.39 is 6.17 Å². The first-order chi connectivity index (χ1) is 13.6. The number of hydrogen-bond donors (Lipinski definition) is 0. The van der Waals surface area contributed by atoms with Crippen LogP contribution in [-0.2, 0) is 12.8 Å². The first-order valence-electron chi connectivity index (χ1n) is 10.1. The van der Waals surface area contributed by atoms with Crippen LogP contribution in [0.15, 0.2) is 36.2 Å². The van der Waals surface area contributed by atoms with Gasteiger partial charge >= 0.3 is 0 Å². The second-order valence-electron chi connectivity index (χ2n) is 7.87. The molecule has 2 heterocycles. The Bertz CT molecular complexity index is 880. The predicted molar refractivity (Wildman–Crippen MR) is 109 cm³/mol. The van der Waals surface area contributed by atoms with Crippen molar-refractivity contribution in [2.75, 3.05) is 26.7 Å². The van der Waals surface area contributed by atoms with Crippen molar-refractivity contribution in [2.24, 2.45) is 0 Å². The summed E-state index contributed by atoms with van der Waals surface area (Å²) in [5.41, 5.74) is 7.91. The van der Waals surface area contributed by atoms with Crippen LogP contribution in [0.2, 0.25) is 0 Å². The number of likely N-dealkylation sites (tertiary alicyclic amines) is 1. The summed E-state index contributed by atoms with van der Waals surface area (Å²) in [4.78, 5) is 11.0. The van der Waals surface area contributed by atoms with Crippen LogP contribution in [0.4, 0.5) is 4.39 Å². The maximum atomic E-state index is 13.5. The quantitative estimate of drug-likeness (QED) is 0.722. The third kappa shape index (κ3) is 4.09. The molecule has 0 spiro atoms. The molecule has 1 aromatic carbocycles. The molecule has 1 aliphatic carbocycles. The number of halogens is 1. The Morgan fingerprint density at radius 2 is 2.04 bits per heavy atom. The van der Waals surface area contributed by atoms with E-state index in [1.54, 1.807) is 19.5 Å². The summed E-state index contributed by atoms with van der Waals surface area (Å²) >= 11 is 0. The Morgan fingerprint density at radius 1 is 1.18 bits per heavy atom. The number of allylic oxidation sites excluding steroid dienone is 1. The van der Waals surface area contributed by atoms with Crippen molar-refractivity contribution in [3.63, 3.8) is 0 Å². The van der Waals surface area contributed by atoms with Crippen LogP contribution < -0.4 is 4.74 Å². The lowest BCUT2D eigenvalue weighted by atomic mass is 9.98. The van der Waals surface area contributed by atoms with E-state index in [4.69, 9.17) is 4.74 Å². The van der Waals surface area contributed by atoms with Crippen molar-refractivity contribution in [3.05, 3.63) is 58.6 Å². The van der Waals surface area contributed by atoms with Crippen molar-refractivity contribution in [1.29, 1.82) is 0 Å². The highest BCUT2D eigenvalue weighted by Crippen LogP contribution is 2.38. The van der Waals surface area contributed by atoms with Gasteiger partial charge < -0.3 is 9.64 Å². The summed E-state index contributed by atoms with van der Waals surface area (Å²) < 4.78 is 18.9. The highest BCUT2D eigenvalue weighted by atomic mass is 19.1. The fraction of sp³-hybridized carbons (Fsp3) is 0.478. The Hall–Kier alpha value is -2.27. The van der Waals surface area contributed by atoms with Gasteiger partial charge in [-0.05, 0) is 55.7 Å². The predicted octanol–water partition coefficient (Wildman–Crippen LogP) is 4.17. The molecule has 1 fully saturated rings. The molecule has 0 bridgehead atoms. The zero-order valence-corrected chi connectivity index (χ0v) is 16.7. The maximum absolute atomic E-state index is 13.5. The van der Waals surface area contributed by atoms with Crippen LogP contribution >= 0.6 is 0 Å². The van der Waals surface area contributed by atoms with Crippen molar-refractivity contribution >= 4 is 5.57 Å². The largest absolute Gasteiger partial charge is 0.480 e. The zero-order chi connectivity index (χ0) is 19.5. The van der Waals surface area contributed by atoms with Gasteiger partial charge in [-0.25, -0.2) is 9.37 Å². The minimum atomic E-state index is -0.652. The lowest BCUT2D eigenvalue weighted by Gasteiger charge is -2.16. The first kappa shape index (κ1) is 19.1. The second-order valence-corrected chi connectivity index (χ2v) is 7.87. The summed E-state index contributed by atoms with van der Waals surface area (Å²) in [6, 6.07) is 6.76. The average Bonchev–Trinajstić information content (AvgIpc) is 3.27. The fourth-order valence-corrected chi connectivity index (χ4v) is 4.46. The third-order valence-electron chi connectivity index (χ3n) is 5.90. The van der Waals surface area contributed by atoms with E-state index in [1.807, 2.05) is 0 Å². The molecule has 148 valence electrons. The SMILES string of the molecule is COc1nccnc1CCC1=C(CCN2CCC(F)C2)Cc2cc(C)ccc21. The van der Waals surface area contributed by atoms with Gasteiger partial charge in [-0.3, -0.25) is 4.98 Å². The molecular formula is C23H28FN3O. The van der Waals surface area contributed by atoms with Crippen LogP contribution in [0, 0.1) is 6.92 Å². The smallest absolute Gasteiger partial charge is 0.235 e. The number of aryl methyl sites for hydroxylation is 2. The van der Waals surface area contributed by atoms with Crippen LogP contribution in [-0.4, -0.2) is 47.8 Å². The second kappa shape index (κ2) is 8.39. The van der Waals surface area contributed by atoms with E-state index in [2.05, 4.69) is 40.0 Å². The summed E-state index contributed by atoms with van der Waals surface area (Å²) in [5, 5.41) is 0. The van der Waals surface area contributed by atoms with Crippen LogP contribution in [0.25, 0.3) is 5.57 Å². The lowest BCUT2D eigenvalue weighted by Crippen LogP contribution is -2.22. The molecule has 2 aliphatic rings. The molecule has 0 amide bonds. The van der Waals surface area contributed by atoms with E-state index in [0.29, 0.717) is 18.8 Å². The summed E-state index contributed by atoms with van der Waals surface area (Å²) in [7, 11) is 1.64. The molecule has 28 heavy (non-hydrogen) atoms. The number of alkyl halides is 1. The molecule has 1 aromatic heterocycles. The van der Waals surface area contributed by atoms with Gasteiger partial charge in [0.2, 0.25) is 5.88 Å². The summed E-state index contributed by atoms with van der Waals surface area (Å²) in [6.45, 7) is 4.56. The molecule has 1 unspecified atom stereocenters. The minimum absolute atomic E-state index is 0.589. The molecule has 1 atom stereocenters. The van der Waals surface area contributed by atoms with Crippen LogP contribution in [0.3, 0.4) is 0 Å². The third-order valence-corrected chi connectivity index (χ3v) is 5.90. The van der Waals surface area contributed by atoms with E-state index >= 15 is 0 Å². The van der Waals surface area contributed by atoms with Gasteiger partial charge in [0.15, 0.2) is 0 Å². The number of rotatable bonds is 7. The van der Waals surface area contributed by atoms with Gasteiger partial charge in [0.1, 0.15) is 11.9 Å². The molecule has 4 rings (SSSR count). The van der Waals surface area contributed by atoms with Gasteiger partial charge in [0.05, 0.1) is 7.11 Å². The molecule has 1 aliphatic heterocycles. The Kier molecular flexibility index (Phi) is 5.72. The maximum Gasteiger partial charge on any atom is 0.235 e. The Balaban J connectivity index is 1.53. The van der Waals surface area contributed by atoms with E-state index in [1.165, 1.54) is 27.8 Å². The van der Waals surface area contributed by atoms with Crippen molar-refractivity contribution in [1.82, 2.24) is 14.9 Å². The zero-order valence-electron chi connectivity index (χ0n) is 16.7. The number of fused-ring (bicyclic) bond motifs is 1. The molecule has 0 N–H and O–H groups in total. The monoisotopic (exact) mass is 381 g/mol. The fourth-order valence-electron chi connectivity index (χ4n) is 4.46. The number of ether oxygens (including phenoxy) is 1. The number of nitrogens with zero attached hydrogens (tertiary/aromatic N) is 3. The molecule has 4 nitrogen and oxygen atoms in total. The van der Waals surface area contributed by atoms with Gasteiger partial charge in [-0.15, -0.1) is 0 Å². The number of methoxy groups -OCH3 is 1. The molecular weight excluding hydrogens is 353 g/mol. The van der Waals surface area contributed by atoms with Gasteiger partial charge in [-0.1, -0.05) is 29.3 Å². The van der Waals surface area contributed by atoms with Gasteiger partial charge in [-0.2, -0.15) is 0 Å². The number of aromatic nitrogens is 2. The highest BCUT2D eigenvalue weighted by molar-refractivity contribution is 5.77. The van der Waals surface area contributed by atoms with E-state index in [9.17, 15) is 4.39 Å². The minimum Gasteiger partial charge on any atom is -0.480 e. The molecule has 5 heteroatoms. The standard InChI is InChI=1S/C23H28FN3O/c1-16-3-4-21-18(13-16)14-17(7-11-27-12-8-19(24)15-27)20(21)5-6-22-23(28-2)26-10-9-25-22/h3-4,9-10,13,19H,5-8,11-12,14-15H2,1-2H3.